The smallest absolute Gasteiger partial charge is 0.308 e. The van der Waals surface area contributed by atoms with Crippen LogP contribution in [0.4, 0.5) is 0 Å². The Balaban J connectivity index is 1.81. The molecule has 1 unspecified atom stereocenters. The monoisotopic (exact) mass is 398 g/mol. The third-order valence-electron chi connectivity index (χ3n) is 4.14. The summed E-state index contributed by atoms with van der Waals surface area (Å²) in [5.74, 6) is 0.787. The molecule has 1 amide bonds. The van der Waals surface area contributed by atoms with E-state index in [9.17, 15) is 9.59 Å². The maximum absolute atomic E-state index is 12.9. The molecule has 146 valence electrons. The summed E-state index contributed by atoms with van der Waals surface area (Å²) in [4.78, 5) is 29.9. The lowest BCUT2D eigenvalue weighted by Crippen LogP contribution is -2.30. The van der Waals surface area contributed by atoms with Crippen molar-refractivity contribution in [3.05, 3.63) is 64.4 Å². The van der Waals surface area contributed by atoms with Crippen molar-refractivity contribution in [1.82, 2.24) is 10.3 Å². The van der Waals surface area contributed by atoms with Crippen LogP contribution in [0.25, 0.3) is 10.8 Å². The maximum Gasteiger partial charge on any atom is 0.308 e. The number of nitrogens with one attached hydrogen (secondary N) is 1. The average molecular weight is 398 g/mol. The number of furan rings is 1. The summed E-state index contributed by atoms with van der Waals surface area (Å²) in [5, 5.41) is 3.60. The van der Waals surface area contributed by atoms with Crippen molar-refractivity contribution >= 4 is 23.2 Å². The number of aryl methyl sites for hydroxylation is 2. The molecule has 6 nitrogen and oxygen atoms in total. The van der Waals surface area contributed by atoms with E-state index < -0.39 is 6.04 Å². The van der Waals surface area contributed by atoms with Crippen LogP contribution in [0.5, 0.6) is 0 Å². The third-order valence-corrected chi connectivity index (χ3v) is 5.31. The molecule has 0 aliphatic heterocycles. The third kappa shape index (κ3) is 4.67. The van der Waals surface area contributed by atoms with Gasteiger partial charge < -0.3 is 14.5 Å². The molecule has 0 fully saturated rings. The van der Waals surface area contributed by atoms with Gasteiger partial charge in [0, 0.05) is 0 Å². The van der Waals surface area contributed by atoms with Gasteiger partial charge in [-0.05, 0) is 38.5 Å². The summed E-state index contributed by atoms with van der Waals surface area (Å²) in [6.07, 6.45) is 0.0612. The van der Waals surface area contributed by atoms with Crippen molar-refractivity contribution in [2.75, 3.05) is 6.61 Å². The topological polar surface area (TPSA) is 81.4 Å². The molecule has 2 aromatic heterocycles. The largest absolute Gasteiger partial charge is 0.466 e. The fourth-order valence-corrected chi connectivity index (χ4v) is 3.74. The molecule has 2 heterocycles. The molecule has 0 saturated carbocycles. The van der Waals surface area contributed by atoms with E-state index in [-0.39, 0.29) is 18.3 Å². The predicted octanol–water partition coefficient (Wildman–Crippen LogP) is 4.44. The van der Waals surface area contributed by atoms with Crippen LogP contribution in [0.15, 0.2) is 46.9 Å². The number of ether oxygens (including phenoxy) is 1. The molecule has 3 aromatic rings. The van der Waals surface area contributed by atoms with Crippen molar-refractivity contribution in [2.24, 2.45) is 0 Å². The minimum Gasteiger partial charge on any atom is -0.466 e. The lowest BCUT2D eigenvalue weighted by molar-refractivity contribution is -0.143. The molecule has 0 bridgehead atoms. The van der Waals surface area contributed by atoms with E-state index in [1.165, 1.54) is 11.3 Å². The number of carbonyl (C=O) groups excluding carboxylic acids is 2. The number of thiazole rings is 1. The van der Waals surface area contributed by atoms with Crippen LogP contribution in [0.3, 0.4) is 0 Å². The molecule has 1 aromatic carbocycles. The molecule has 0 aliphatic rings. The Labute approximate surface area is 167 Å². The van der Waals surface area contributed by atoms with Gasteiger partial charge in [0.1, 0.15) is 10.6 Å². The quantitative estimate of drug-likeness (QED) is 0.595. The number of amides is 1. The molecule has 28 heavy (non-hydrogen) atoms. The highest BCUT2D eigenvalue weighted by Crippen LogP contribution is 2.30. The Kier molecular flexibility index (Phi) is 6.26. The highest BCUT2D eigenvalue weighted by atomic mass is 32.1. The van der Waals surface area contributed by atoms with Gasteiger partial charge in [-0.1, -0.05) is 30.3 Å². The van der Waals surface area contributed by atoms with Crippen LogP contribution in [-0.4, -0.2) is 23.5 Å². The first-order valence-electron chi connectivity index (χ1n) is 9.03. The fraction of sp³-hybridized carbons (Fsp3) is 0.286. The van der Waals surface area contributed by atoms with Gasteiger partial charge in [0.25, 0.3) is 5.91 Å². The van der Waals surface area contributed by atoms with E-state index in [0.29, 0.717) is 27.9 Å². The lowest BCUT2D eigenvalue weighted by Gasteiger charge is -2.18. The van der Waals surface area contributed by atoms with E-state index in [2.05, 4.69) is 10.3 Å². The number of benzene rings is 1. The van der Waals surface area contributed by atoms with Crippen LogP contribution in [0.2, 0.25) is 0 Å². The first-order valence-corrected chi connectivity index (χ1v) is 9.85. The lowest BCUT2D eigenvalue weighted by atomic mass is 10.0. The van der Waals surface area contributed by atoms with Crippen molar-refractivity contribution in [2.45, 2.75) is 33.2 Å². The first kappa shape index (κ1) is 19.8. The van der Waals surface area contributed by atoms with Crippen LogP contribution in [-0.2, 0) is 9.53 Å². The van der Waals surface area contributed by atoms with E-state index in [0.717, 1.165) is 11.3 Å². The van der Waals surface area contributed by atoms with Gasteiger partial charge in [-0.15, -0.1) is 11.3 Å². The zero-order valence-electron chi connectivity index (χ0n) is 16.0. The van der Waals surface area contributed by atoms with Gasteiger partial charge in [-0.2, -0.15) is 0 Å². The minimum atomic E-state index is -0.483. The van der Waals surface area contributed by atoms with Crippen LogP contribution >= 0.6 is 11.3 Å². The standard InChI is InChI=1S/C21H22N2O4S/c1-4-26-18(24)12-16(15-8-6-5-7-9-15)23-20(25)19-14(3)22-21(28-19)17-11-10-13(2)27-17/h5-11,16H,4,12H2,1-3H3,(H,23,25). The molecule has 1 atom stereocenters. The molecule has 7 heteroatoms. The van der Waals surface area contributed by atoms with Gasteiger partial charge in [0.2, 0.25) is 0 Å². The number of esters is 1. The Morgan fingerprint density at radius 3 is 2.57 bits per heavy atom. The number of aromatic nitrogens is 1. The second kappa shape index (κ2) is 8.84. The fourth-order valence-electron chi connectivity index (χ4n) is 2.81. The normalized spacial score (nSPS) is 11.8. The Bertz CT molecular complexity index is 962. The second-order valence-electron chi connectivity index (χ2n) is 6.29. The van der Waals surface area contributed by atoms with E-state index >= 15 is 0 Å². The maximum atomic E-state index is 12.9. The Hall–Kier alpha value is -2.93. The molecule has 3 rings (SSSR count). The van der Waals surface area contributed by atoms with Gasteiger partial charge in [0.15, 0.2) is 10.8 Å². The van der Waals surface area contributed by atoms with Gasteiger partial charge in [-0.25, -0.2) is 4.98 Å². The number of carbonyl (C=O) groups is 2. The number of hydrogen-bond acceptors (Lipinski definition) is 6. The van der Waals surface area contributed by atoms with E-state index in [4.69, 9.17) is 9.15 Å². The summed E-state index contributed by atoms with van der Waals surface area (Å²) in [6.45, 7) is 5.70. The van der Waals surface area contributed by atoms with E-state index in [1.54, 1.807) is 13.8 Å². The molecule has 0 radical (unpaired) electrons. The van der Waals surface area contributed by atoms with Crippen molar-refractivity contribution in [3.8, 4) is 10.8 Å². The molecule has 0 spiro atoms. The predicted molar refractivity (Wildman–Crippen MR) is 107 cm³/mol. The number of rotatable bonds is 7. The summed E-state index contributed by atoms with van der Waals surface area (Å²) >= 11 is 1.27. The van der Waals surface area contributed by atoms with E-state index in [1.807, 2.05) is 49.4 Å². The highest BCUT2D eigenvalue weighted by Gasteiger charge is 2.23. The summed E-state index contributed by atoms with van der Waals surface area (Å²) in [5.41, 5.74) is 1.46. The molecule has 1 N–H and O–H groups in total. The Morgan fingerprint density at radius 1 is 1.18 bits per heavy atom. The highest BCUT2D eigenvalue weighted by molar-refractivity contribution is 7.17. The SMILES string of the molecule is CCOC(=O)CC(NC(=O)c1sc(-c2ccc(C)o2)nc1C)c1ccccc1. The van der Waals surface area contributed by atoms with Crippen LogP contribution in [0.1, 0.15) is 46.1 Å². The first-order chi connectivity index (χ1) is 13.5. The van der Waals surface area contributed by atoms with Gasteiger partial charge in [-0.3, -0.25) is 9.59 Å². The molecular formula is C21H22N2O4S. The molecular weight excluding hydrogens is 376 g/mol. The van der Waals surface area contributed by atoms with Gasteiger partial charge in [0.05, 0.1) is 24.8 Å². The number of nitrogens with zero attached hydrogens (tertiary/aromatic N) is 1. The molecule has 0 aliphatic carbocycles. The average Bonchev–Trinajstić information content (AvgIpc) is 3.28. The Morgan fingerprint density at radius 2 is 1.93 bits per heavy atom. The van der Waals surface area contributed by atoms with Crippen molar-refractivity contribution < 1.29 is 18.7 Å². The summed E-state index contributed by atoms with van der Waals surface area (Å²) < 4.78 is 10.7. The van der Waals surface area contributed by atoms with Crippen molar-refractivity contribution in [1.29, 1.82) is 0 Å². The summed E-state index contributed by atoms with van der Waals surface area (Å²) in [7, 11) is 0. The van der Waals surface area contributed by atoms with Crippen molar-refractivity contribution in [3.63, 3.8) is 0 Å². The minimum absolute atomic E-state index is 0.0612. The zero-order valence-corrected chi connectivity index (χ0v) is 16.8. The van der Waals surface area contributed by atoms with Crippen LogP contribution in [0, 0.1) is 13.8 Å². The molecule has 0 saturated heterocycles. The van der Waals surface area contributed by atoms with Gasteiger partial charge >= 0.3 is 5.97 Å². The second-order valence-corrected chi connectivity index (χ2v) is 7.29. The zero-order chi connectivity index (χ0) is 20.1. The van der Waals surface area contributed by atoms with Crippen LogP contribution < -0.4 is 5.32 Å². The number of hydrogen-bond donors (Lipinski definition) is 1. The summed E-state index contributed by atoms with van der Waals surface area (Å²) in [6, 6.07) is 12.6.